The molecule has 0 aromatic heterocycles. The molecule has 3 rings (SSSR count). The third-order valence-corrected chi connectivity index (χ3v) is 4.29. The minimum Gasteiger partial charge on any atom is -0.311 e. The number of carbonyl (C=O) groups is 1. The van der Waals surface area contributed by atoms with E-state index in [2.05, 4.69) is 30.4 Å². The van der Waals surface area contributed by atoms with Crippen LogP contribution in [-0.2, 0) is 11.2 Å². The number of fused-ring (bicyclic) bond motifs is 1. The van der Waals surface area contributed by atoms with Gasteiger partial charge in [-0.25, -0.2) is 0 Å². The third-order valence-electron chi connectivity index (χ3n) is 4.29. The highest BCUT2D eigenvalue weighted by Crippen LogP contribution is 2.31. The van der Waals surface area contributed by atoms with Crippen molar-refractivity contribution in [3.63, 3.8) is 0 Å². The first-order chi connectivity index (χ1) is 9.27. The maximum atomic E-state index is 12.7. The zero-order valence-corrected chi connectivity index (χ0v) is 11.6. The van der Waals surface area contributed by atoms with Gasteiger partial charge < -0.3 is 10.2 Å². The van der Waals surface area contributed by atoms with Crippen molar-refractivity contribution < 1.29 is 4.79 Å². The number of hydrogen-bond acceptors (Lipinski definition) is 2. The zero-order chi connectivity index (χ0) is 13.2. The van der Waals surface area contributed by atoms with Gasteiger partial charge in [-0.15, -0.1) is 0 Å². The average Bonchev–Trinajstić information content (AvgIpc) is 2.47. The van der Waals surface area contributed by atoms with Gasteiger partial charge in [0.1, 0.15) is 0 Å². The molecule has 1 aromatic rings. The van der Waals surface area contributed by atoms with E-state index < -0.39 is 0 Å². The first kappa shape index (κ1) is 12.7. The van der Waals surface area contributed by atoms with Crippen molar-refractivity contribution in [3.8, 4) is 0 Å². The quantitative estimate of drug-likeness (QED) is 0.839. The average molecular weight is 258 g/mol. The minimum absolute atomic E-state index is 0.0271. The first-order valence-electron chi connectivity index (χ1n) is 7.40. The van der Waals surface area contributed by atoms with Crippen molar-refractivity contribution >= 4 is 11.6 Å². The summed E-state index contributed by atoms with van der Waals surface area (Å²) in [6, 6.07) is 6.40. The van der Waals surface area contributed by atoms with E-state index in [0.29, 0.717) is 0 Å². The van der Waals surface area contributed by atoms with Crippen LogP contribution < -0.4 is 10.2 Å². The van der Waals surface area contributed by atoms with Crippen LogP contribution in [-0.4, -0.2) is 25.0 Å². The Kier molecular flexibility index (Phi) is 3.56. The lowest BCUT2D eigenvalue weighted by Crippen LogP contribution is -2.50. The summed E-state index contributed by atoms with van der Waals surface area (Å²) in [5.41, 5.74) is 3.72. The fraction of sp³-hybridized carbons (Fsp3) is 0.562. The predicted octanol–water partition coefficient (Wildman–Crippen LogP) is 2.42. The highest BCUT2D eigenvalue weighted by Gasteiger charge is 2.30. The number of rotatable bonds is 1. The van der Waals surface area contributed by atoms with Crippen molar-refractivity contribution in [3.05, 3.63) is 29.3 Å². The molecule has 2 aliphatic rings. The number of hydrogen-bond donors (Lipinski definition) is 1. The molecule has 1 fully saturated rings. The summed E-state index contributed by atoms with van der Waals surface area (Å²) in [5, 5.41) is 3.38. The number of nitrogens with zero attached hydrogens (tertiary/aromatic N) is 1. The molecular weight excluding hydrogens is 236 g/mol. The molecule has 0 spiro atoms. The van der Waals surface area contributed by atoms with E-state index >= 15 is 0 Å². The lowest BCUT2D eigenvalue weighted by atomic mass is 9.96. The van der Waals surface area contributed by atoms with Gasteiger partial charge in [-0.2, -0.15) is 0 Å². The number of carbonyl (C=O) groups excluding carboxylic acids is 1. The van der Waals surface area contributed by atoms with Crippen LogP contribution in [0.25, 0.3) is 0 Å². The summed E-state index contributed by atoms with van der Waals surface area (Å²) in [5.74, 6) is 0.273. The fourth-order valence-corrected chi connectivity index (χ4v) is 3.32. The smallest absolute Gasteiger partial charge is 0.244 e. The highest BCUT2D eigenvalue weighted by atomic mass is 16.2. The number of anilines is 1. The molecular formula is C16H22N2O. The van der Waals surface area contributed by atoms with E-state index in [1.807, 2.05) is 4.90 Å². The molecule has 1 saturated heterocycles. The van der Waals surface area contributed by atoms with Crippen LogP contribution in [0.4, 0.5) is 5.69 Å². The van der Waals surface area contributed by atoms with E-state index in [-0.39, 0.29) is 11.9 Å². The molecule has 3 heteroatoms. The zero-order valence-electron chi connectivity index (χ0n) is 11.6. The summed E-state index contributed by atoms with van der Waals surface area (Å²) in [4.78, 5) is 14.8. The van der Waals surface area contributed by atoms with Crippen molar-refractivity contribution in [2.24, 2.45) is 0 Å². The second kappa shape index (κ2) is 5.33. The Morgan fingerprint density at radius 3 is 3.00 bits per heavy atom. The second-order valence-electron chi connectivity index (χ2n) is 5.68. The molecule has 1 N–H and O–H groups in total. The van der Waals surface area contributed by atoms with E-state index in [4.69, 9.17) is 0 Å². The Balaban J connectivity index is 1.88. The van der Waals surface area contributed by atoms with Gasteiger partial charge in [0.15, 0.2) is 0 Å². The topological polar surface area (TPSA) is 32.3 Å². The molecule has 3 nitrogen and oxygen atoms in total. The second-order valence-corrected chi connectivity index (χ2v) is 5.68. The van der Waals surface area contributed by atoms with Crippen LogP contribution in [0.3, 0.4) is 0 Å². The Hall–Kier alpha value is -1.35. The molecule has 0 saturated carbocycles. The molecule has 0 bridgehead atoms. The molecule has 19 heavy (non-hydrogen) atoms. The van der Waals surface area contributed by atoms with Crippen LogP contribution in [0.1, 0.15) is 36.8 Å². The van der Waals surface area contributed by atoms with Crippen molar-refractivity contribution in [2.75, 3.05) is 18.0 Å². The largest absolute Gasteiger partial charge is 0.311 e. The maximum absolute atomic E-state index is 12.7. The van der Waals surface area contributed by atoms with Gasteiger partial charge in [0, 0.05) is 12.2 Å². The van der Waals surface area contributed by atoms with E-state index in [9.17, 15) is 4.79 Å². The van der Waals surface area contributed by atoms with Crippen molar-refractivity contribution in [1.82, 2.24) is 5.32 Å². The van der Waals surface area contributed by atoms with Gasteiger partial charge in [0.05, 0.1) is 6.04 Å². The highest BCUT2D eigenvalue weighted by molar-refractivity contribution is 5.99. The lowest BCUT2D eigenvalue weighted by Gasteiger charge is -2.35. The number of benzene rings is 1. The summed E-state index contributed by atoms with van der Waals surface area (Å²) in [6.45, 7) is 3.96. The molecule has 2 aliphatic heterocycles. The normalized spacial score (nSPS) is 23.0. The SMILES string of the molecule is Cc1cccc2c1N(C(=O)C1CCCCN1)CCC2. The molecule has 102 valence electrons. The molecule has 1 aromatic carbocycles. The summed E-state index contributed by atoms with van der Waals surface area (Å²) >= 11 is 0. The van der Waals surface area contributed by atoms with E-state index in [1.54, 1.807) is 0 Å². The van der Waals surface area contributed by atoms with Crippen LogP contribution in [0.15, 0.2) is 18.2 Å². The van der Waals surface area contributed by atoms with Crippen LogP contribution in [0.2, 0.25) is 0 Å². The third kappa shape index (κ3) is 2.39. The van der Waals surface area contributed by atoms with E-state index in [1.165, 1.54) is 23.2 Å². The number of amides is 1. The Morgan fingerprint density at radius 2 is 2.21 bits per heavy atom. The lowest BCUT2D eigenvalue weighted by molar-refractivity contribution is -0.121. The summed E-state index contributed by atoms with van der Waals surface area (Å²) in [6.07, 6.45) is 5.52. The Bertz CT molecular complexity index is 478. The molecule has 1 atom stereocenters. The standard InChI is InChI=1S/C16H22N2O/c1-12-6-4-7-13-8-5-11-18(15(12)13)16(19)14-9-2-3-10-17-14/h4,6-7,14,17H,2-3,5,8-11H2,1H3. The molecule has 2 heterocycles. The predicted molar refractivity (Wildman–Crippen MR) is 77.5 cm³/mol. The molecule has 1 amide bonds. The maximum Gasteiger partial charge on any atom is 0.244 e. The first-order valence-corrected chi connectivity index (χ1v) is 7.40. The molecule has 0 radical (unpaired) electrons. The van der Waals surface area contributed by atoms with Gasteiger partial charge in [0.2, 0.25) is 5.91 Å². The van der Waals surface area contributed by atoms with E-state index in [0.717, 1.165) is 38.8 Å². The van der Waals surface area contributed by atoms with Gasteiger partial charge in [-0.05, 0) is 50.3 Å². The minimum atomic E-state index is 0.0271. The van der Waals surface area contributed by atoms with Gasteiger partial charge >= 0.3 is 0 Å². The Morgan fingerprint density at radius 1 is 1.32 bits per heavy atom. The van der Waals surface area contributed by atoms with Crippen LogP contribution >= 0.6 is 0 Å². The van der Waals surface area contributed by atoms with Gasteiger partial charge in [0.25, 0.3) is 0 Å². The Labute approximate surface area is 115 Å². The summed E-state index contributed by atoms with van der Waals surface area (Å²) < 4.78 is 0. The van der Waals surface area contributed by atoms with Gasteiger partial charge in [-0.1, -0.05) is 24.6 Å². The molecule has 1 unspecified atom stereocenters. The van der Waals surface area contributed by atoms with Crippen molar-refractivity contribution in [1.29, 1.82) is 0 Å². The monoisotopic (exact) mass is 258 g/mol. The number of nitrogens with one attached hydrogen (secondary N) is 1. The fourth-order valence-electron chi connectivity index (χ4n) is 3.32. The molecule has 0 aliphatic carbocycles. The van der Waals surface area contributed by atoms with Crippen LogP contribution in [0, 0.1) is 6.92 Å². The van der Waals surface area contributed by atoms with Gasteiger partial charge in [-0.3, -0.25) is 4.79 Å². The number of para-hydroxylation sites is 1. The summed E-state index contributed by atoms with van der Waals surface area (Å²) in [7, 11) is 0. The number of piperidine rings is 1. The number of aryl methyl sites for hydroxylation is 2. The van der Waals surface area contributed by atoms with Crippen LogP contribution in [0.5, 0.6) is 0 Å². The van der Waals surface area contributed by atoms with Crippen molar-refractivity contribution in [2.45, 2.75) is 45.1 Å².